The molecule has 0 bridgehead atoms. The molecule has 0 saturated carbocycles. The van der Waals surface area contributed by atoms with Crippen molar-refractivity contribution in [2.24, 2.45) is 5.92 Å². The number of nitro groups is 1. The molecule has 1 unspecified atom stereocenters. The van der Waals surface area contributed by atoms with Gasteiger partial charge in [-0.05, 0) is 35.3 Å². The first-order valence-corrected chi connectivity index (χ1v) is 6.59. The minimum Gasteiger partial charge on any atom is -0.477 e. The normalized spacial score (nSPS) is 19.5. The molecule has 0 aliphatic carbocycles. The van der Waals surface area contributed by atoms with Gasteiger partial charge in [0.2, 0.25) is 5.88 Å². The van der Waals surface area contributed by atoms with Crippen LogP contribution < -0.4 is 10.1 Å². The Morgan fingerprint density at radius 3 is 3.11 bits per heavy atom. The maximum absolute atomic E-state index is 10.6. The standard InChI is InChI=1S/C11H14BrN3O3/c12-10-4-9(15(16)17)6-14-11(10)18-7-8-2-1-3-13-5-8/h4,6,8,13H,1-3,5,7H2. The molecular weight excluding hydrogens is 302 g/mol. The van der Waals surface area contributed by atoms with Crippen LogP contribution in [0.5, 0.6) is 5.88 Å². The van der Waals surface area contributed by atoms with Crippen molar-refractivity contribution < 1.29 is 9.66 Å². The van der Waals surface area contributed by atoms with Crippen LogP contribution >= 0.6 is 15.9 Å². The molecule has 1 aliphatic rings. The van der Waals surface area contributed by atoms with Crippen molar-refractivity contribution in [3.05, 3.63) is 26.9 Å². The Kier molecular flexibility index (Phi) is 4.48. The number of hydrogen-bond donors (Lipinski definition) is 1. The van der Waals surface area contributed by atoms with Gasteiger partial charge in [0.25, 0.3) is 5.69 Å². The number of ether oxygens (including phenoxy) is 1. The lowest BCUT2D eigenvalue weighted by Gasteiger charge is -2.22. The van der Waals surface area contributed by atoms with Gasteiger partial charge in [-0.3, -0.25) is 10.1 Å². The highest BCUT2D eigenvalue weighted by molar-refractivity contribution is 9.10. The zero-order chi connectivity index (χ0) is 13.0. The second-order valence-corrected chi connectivity index (χ2v) is 5.12. The highest BCUT2D eigenvalue weighted by atomic mass is 79.9. The molecular formula is C11H14BrN3O3. The van der Waals surface area contributed by atoms with E-state index in [9.17, 15) is 10.1 Å². The van der Waals surface area contributed by atoms with Gasteiger partial charge in [-0.2, -0.15) is 0 Å². The third kappa shape index (κ3) is 3.39. The highest BCUT2D eigenvalue weighted by Crippen LogP contribution is 2.26. The Morgan fingerprint density at radius 2 is 2.50 bits per heavy atom. The Balaban J connectivity index is 1.94. The highest BCUT2D eigenvalue weighted by Gasteiger charge is 2.16. The topological polar surface area (TPSA) is 77.3 Å². The molecule has 6 nitrogen and oxygen atoms in total. The first-order valence-electron chi connectivity index (χ1n) is 5.80. The van der Waals surface area contributed by atoms with E-state index in [0.717, 1.165) is 25.9 Å². The Bertz CT molecular complexity index is 436. The van der Waals surface area contributed by atoms with Crippen LogP contribution in [0.15, 0.2) is 16.7 Å². The summed E-state index contributed by atoms with van der Waals surface area (Å²) in [5.74, 6) is 0.883. The minimum absolute atomic E-state index is 0.0476. The molecule has 1 aromatic rings. The molecule has 1 aromatic heterocycles. The minimum atomic E-state index is -0.480. The number of pyridine rings is 1. The predicted molar refractivity (Wildman–Crippen MR) is 69.7 cm³/mol. The average molecular weight is 316 g/mol. The number of halogens is 1. The van der Waals surface area contributed by atoms with Crippen molar-refractivity contribution in [1.82, 2.24) is 10.3 Å². The Morgan fingerprint density at radius 1 is 1.67 bits per heavy atom. The van der Waals surface area contributed by atoms with Crippen LogP contribution in [0.1, 0.15) is 12.8 Å². The molecule has 18 heavy (non-hydrogen) atoms. The third-order valence-electron chi connectivity index (χ3n) is 2.86. The molecule has 1 atom stereocenters. The van der Waals surface area contributed by atoms with Crippen molar-refractivity contribution in [2.75, 3.05) is 19.7 Å². The van der Waals surface area contributed by atoms with E-state index >= 15 is 0 Å². The Hall–Kier alpha value is -1.21. The van der Waals surface area contributed by atoms with E-state index in [1.54, 1.807) is 0 Å². The van der Waals surface area contributed by atoms with Crippen LogP contribution in [0.2, 0.25) is 0 Å². The molecule has 98 valence electrons. The van der Waals surface area contributed by atoms with E-state index in [2.05, 4.69) is 26.2 Å². The molecule has 0 amide bonds. The van der Waals surface area contributed by atoms with Crippen LogP contribution in [0.25, 0.3) is 0 Å². The lowest BCUT2D eigenvalue weighted by molar-refractivity contribution is -0.385. The van der Waals surface area contributed by atoms with Crippen molar-refractivity contribution in [3.8, 4) is 5.88 Å². The summed E-state index contributed by atoms with van der Waals surface area (Å²) in [7, 11) is 0. The zero-order valence-corrected chi connectivity index (χ0v) is 11.4. The fraction of sp³-hybridized carbons (Fsp3) is 0.545. The van der Waals surface area contributed by atoms with E-state index in [0.29, 0.717) is 22.9 Å². The molecule has 2 rings (SSSR count). The lowest BCUT2D eigenvalue weighted by Crippen LogP contribution is -2.33. The largest absolute Gasteiger partial charge is 0.477 e. The van der Waals surface area contributed by atoms with Crippen molar-refractivity contribution in [3.63, 3.8) is 0 Å². The summed E-state index contributed by atoms with van der Waals surface area (Å²) in [6.45, 7) is 2.59. The number of nitrogens with zero attached hydrogens (tertiary/aromatic N) is 2. The molecule has 1 saturated heterocycles. The smallest absolute Gasteiger partial charge is 0.288 e. The van der Waals surface area contributed by atoms with Gasteiger partial charge in [-0.1, -0.05) is 0 Å². The number of hydrogen-bond acceptors (Lipinski definition) is 5. The first-order chi connectivity index (χ1) is 8.66. The fourth-order valence-electron chi connectivity index (χ4n) is 1.88. The maximum atomic E-state index is 10.6. The molecule has 2 heterocycles. The SMILES string of the molecule is O=[N+]([O-])c1cnc(OCC2CCCNC2)c(Br)c1. The molecule has 1 fully saturated rings. The van der Waals surface area contributed by atoms with Gasteiger partial charge in [0, 0.05) is 18.5 Å². The summed E-state index contributed by atoms with van der Waals surface area (Å²) in [4.78, 5) is 14.0. The molecule has 0 spiro atoms. The maximum Gasteiger partial charge on any atom is 0.288 e. The summed E-state index contributed by atoms with van der Waals surface area (Å²) in [5.41, 5.74) is -0.0476. The van der Waals surface area contributed by atoms with Crippen LogP contribution in [0.4, 0.5) is 5.69 Å². The predicted octanol–water partition coefficient (Wildman–Crippen LogP) is 2.13. The second kappa shape index (κ2) is 6.10. The van der Waals surface area contributed by atoms with Crippen molar-refractivity contribution in [1.29, 1.82) is 0 Å². The number of piperidine rings is 1. The molecule has 1 aliphatic heterocycles. The summed E-state index contributed by atoms with van der Waals surface area (Å²) < 4.78 is 6.10. The van der Waals surface area contributed by atoms with E-state index in [4.69, 9.17) is 4.74 Å². The van der Waals surface area contributed by atoms with Crippen molar-refractivity contribution >= 4 is 21.6 Å². The van der Waals surface area contributed by atoms with Crippen molar-refractivity contribution in [2.45, 2.75) is 12.8 Å². The summed E-state index contributed by atoms with van der Waals surface area (Å²) in [6.07, 6.45) is 3.50. The molecule has 0 radical (unpaired) electrons. The van der Waals surface area contributed by atoms with Gasteiger partial charge in [-0.15, -0.1) is 0 Å². The monoisotopic (exact) mass is 315 g/mol. The van der Waals surface area contributed by atoms with Gasteiger partial charge >= 0.3 is 0 Å². The van der Waals surface area contributed by atoms with E-state index < -0.39 is 4.92 Å². The van der Waals surface area contributed by atoms with Gasteiger partial charge in [0.15, 0.2) is 0 Å². The first kappa shape index (κ1) is 13.2. The summed E-state index contributed by atoms with van der Waals surface area (Å²) >= 11 is 3.23. The van der Waals surface area contributed by atoms with Crippen LogP contribution in [0.3, 0.4) is 0 Å². The second-order valence-electron chi connectivity index (χ2n) is 4.26. The average Bonchev–Trinajstić information content (AvgIpc) is 2.38. The summed E-state index contributed by atoms with van der Waals surface area (Å²) in [6, 6.07) is 1.40. The molecule has 1 N–H and O–H groups in total. The van der Waals surface area contributed by atoms with Crippen LogP contribution in [-0.4, -0.2) is 29.6 Å². The van der Waals surface area contributed by atoms with E-state index in [1.807, 2.05) is 0 Å². The van der Waals surface area contributed by atoms with Gasteiger partial charge in [0.1, 0.15) is 6.20 Å². The number of nitrogens with one attached hydrogen (secondary N) is 1. The van der Waals surface area contributed by atoms with Gasteiger partial charge < -0.3 is 10.1 Å². The molecule has 0 aromatic carbocycles. The lowest BCUT2D eigenvalue weighted by atomic mass is 10.0. The quantitative estimate of drug-likeness (QED) is 0.680. The van der Waals surface area contributed by atoms with E-state index in [-0.39, 0.29) is 5.69 Å². The van der Waals surface area contributed by atoms with Crippen LogP contribution in [-0.2, 0) is 0 Å². The van der Waals surface area contributed by atoms with Gasteiger partial charge in [-0.25, -0.2) is 4.98 Å². The Labute approximate surface area is 113 Å². The number of aromatic nitrogens is 1. The fourth-order valence-corrected chi connectivity index (χ4v) is 2.34. The third-order valence-corrected chi connectivity index (χ3v) is 3.43. The summed E-state index contributed by atoms with van der Waals surface area (Å²) in [5, 5.41) is 13.9. The zero-order valence-electron chi connectivity index (χ0n) is 9.76. The number of rotatable bonds is 4. The molecule has 7 heteroatoms. The van der Waals surface area contributed by atoms with Gasteiger partial charge in [0.05, 0.1) is 16.0 Å². The van der Waals surface area contributed by atoms with E-state index in [1.165, 1.54) is 12.3 Å². The van der Waals surface area contributed by atoms with Crippen LogP contribution in [0, 0.1) is 16.0 Å².